The SMILES string of the molecule is CSCCONC(=O)c1ccc(N=CN(C)C)c(F)c1Nc1ccc(Br)cc1Cl. The molecule has 2 rings (SSSR count). The Morgan fingerprint density at radius 2 is 2.14 bits per heavy atom. The molecule has 0 heterocycles. The van der Waals surface area contributed by atoms with Gasteiger partial charge in [-0.3, -0.25) is 9.63 Å². The third-order valence-corrected chi connectivity index (χ3v) is 4.92. The minimum Gasteiger partial charge on any atom is -0.369 e. The topological polar surface area (TPSA) is 66.0 Å². The van der Waals surface area contributed by atoms with Gasteiger partial charge in [-0.15, -0.1) is 0 Å². The lowest BCUT2D eigenvalue weighted by molar-refractivity contribution is 0.0375. The number of rotatable bonds is 9. The average molecular weight is 504 g/mol. The Morgan fingerprint density at radius 1 is 1.38 bits per heavy atom. The zero-order chi connectivity index (χ0) is 21.4. The van der Waals surface area contributed by atoms with E-state index in [2.05, 4.69) is 31.7 Å². The molecule has 0 radical (unpaired) electrons. The van der Waals surface area contributed by atoms with E-state index < -0.39 is 11.7 Å². The second kappa shape index (κ2) is 11.4. The molecule has 1 amide bonds. The van der Waals surface area contributed by atoms with E-state index >= 15 is 4.39 Å². The zero-order valence-corrected chi connectivity index (χ0v) is 19.3. The predicted molar refractivity (Wildman–Crippen MR) is 122 cm³/mol. The van der Waals surface area contributed by atoms with Gasteiger partial charge in [0.1, 0.15) is 5.69 Å². The van der Waals surface area contributed by atoms with Crippen molar-refractivity contribution in [3.63, 3.8) is 0 Å². The van der Waals surface area contributed by atoms with Crippen molar-refractivity contribution in [3.8, 4) is 0 Å². The molecule has 2 aromatic carbocycles. The molecule has 0 saturated carbocycles. The molecule has 2 aromatic rings. The maximum atomic E-state index is 15.2. The molecule has 0 aliphatic rings. The van der Waals surface area contributed by atoms with E-state index in [1.165, 1.54) is 18.5 Å². The molecule has 0 aromatic heterocycles. The summed E-state index contributed by atoms with van der Waals surface area (Å²) in [4.78, 5) is 23.5. The second-order valence-electron chi connectivity index (χ2n) is 6.05. The van der Waals surface area contributed by atoms with Gasteiger partial charge >= 0.3 is 0 Å². The Kier molecular flexibility index (Phi) is 9.22. The van der Waals surface area contributed by atoms with E-state index in [1.54, 1.807) is 49.0 Å². The Balaban J connectivity index is 2.41. The average Bonchev–Trinajstić information content (AvgIpc) is 2.67. The highest BCUT2D eigenvalue weighted by Crippen LogP contribution is 2.34. The van der Waals surface area contributed by atoms with Crippen LogP contribution in [0.1, 0.15) is 10.4 Å². The maximum Gasteiger partial charge on any atom is 0.277 e. The van der Waals surface area contributed by atoms with Gasteiger partial charge in [0.05, 0.1) is 34.9 Å². The van der Waals surface area contributed by atoms with Crippen LogP contribution in [0.25, 0.3) is 0 Å². The number of thioether (sulfide) groups is 1. The van der Waals surface area contributed by atoms with Crippen LogP contribution in [-0.4, -0.2) is 49.9 Å². The van der Waals surface area contributed by atoms with Crippen LogP contribution in [0.3, 0.4) is 0 Å². The van der Waals surface area contributed by atoms with Gasteiger partial charge in [-0.25, -0.2) is 14.9 Å². The molecule has 0 saturated heterocycles. The highest BCUT2D eigenvalue weighted by atomic mass is 79.9. The smallest absolute Gasteiger partial charge is 0.277 e. The summed E-state index contributed by atoms with van der Waals surface area (Å²) in [5.41, 5.74) is 2.87. The van der Waals surface area contributed by atoms with Gasteiger partial charge in [0, 0.05) is 24.3 Å². The Bertz CT molecular complexity index is 899. The number of anilines is 2. The molecule has 0 spiro atoms. The Morgan fingerprint density at radius 3 is 2.79 bits per heavy atom. The first kappa shape index (κ1) is 23.5. The maximum absolute atomic E-state index is 15.2. The lowest BCUT2D eigenvalue weighted by atomic mass is 10.1. The fraction of sp³-hybridized carbons (Fsp3) is 0.263. The van der Waals surface area contributed by atoms with Crippen molar-refractivity contribution in [2.45, 2.75) is 0 Å². The molecule has 156 valence electrons. The second-order valence-corrected chi connectivity index (χ2v) is 8.36. The number of benzene rings is 2. The van der Waals surface area contributed by atoms with Crippen molar-refractivity contribution in [1.82, 2.24) is 10.4 Å². The Labute approximate surface area is 186 Å². The van der Waals surface area contributed by atoms with E-state index in [-0.39, 0.29) is 16.9 Å². The summed E-state index contributed by atoms with van der Waals surface area (Å²) in [6, 6.07) is 8.01. The fourth-order valence-electron chi connectivity index (χ4n) is 2.18. The van der Waals surface area contributed by atoms with Crippen molar-refractivity contribution < 1.29 is 14.0 Å². The number of aliphatic imine (C=N–C) groups is 1. The van der Waals surface area contributed by atoms with Crippen molar-refractivity contribution in [2.75, 3.05) is 38.0 Å². The molecule has 0 bridgehead atoms. The van der Waals surface area contributed by atoms with Crippen LogP contribution in [0.15, 0.2) is 39.8 Å². The van der Waals surface area contributed by atoms with Gasteiger partial charge in [-0.1, -0.05) is 27.5 Å². The first-order valence-electron chi connectivity index (χ1n) is 8.49. The molecule has 29 heavy (non-hydrogen) atoms. The van der Waals surface area contributed by atoms with Gasteiger partial charge < -0.3 is 10.2 Å². The third kappa shape index (κ3) is 6.88. The van der Waals surface area contributed by atoms with Crippen LogP contribution in [0.4, 0.5) is 21.5 Å². The molecule has 2 N–H and O–H groups in total. The van der Waals surface area contributed by atoms with Crippen LogP contribution in [0.2, 0.25) is 5.02 Å². The van der Waals surface area contributed by atoms with E-state index in [4.69, 9.17) is 16.4 Å². The zero-order valence-electron chi connectivity index (χ0n) is 16.1. The van der Waals surface area contributed by atoms with Gasteiger partial charge in [-0.2, -0.15) is 11.8 Å². The van der Waals surface area contributed by atoms with Gasteiger partial charge in [0.15, 0.2) is 5.82 Å². The molecule has 0 atom stereocenters. The number of halogens is 3. The molecular formula is C19H21BrClFN4O2S. The lowest BCUT2D eigenvalue weighted by Crippen LogP contribution is -2.26. The molecule has 6 nitrogen and oxygen atoms in total. The number of nitrogens with zero attached hydrogens (tertiary/aromatic N) is 2. The Hall–Kier alpha value is -1.81. The summed E-state index contributed by atoms with van der Waals surface area (Å²) < 4.78 is 16.0. The summed E-state index contributed by atoms with van der Waals surface area (Å²) in [7, 11) is 3.55. The molecule has 0 unspecified atom stereocenters. The first-order valence-corrected chi connectivity index (χ1v) is 11.1. The predicted octanol–water partition coefficient (Wildman–Crippen LogP) is 5.23. The first-order chi connectivity index (χ1) is 13.8. The van der Waals surface area contributed by atoms with Gasteiger partial charge in [0.2, 0.25) is 0 Å². The quantitative estimate of drug-likeness (QED) is 0.212. The van der Waals surface area contributed by atoms with Crippen LogP contribution >= 0.6 is 39.3 Å². The standard InChI is InChI=1S/C19H21BrClFN4O2S/c1-26(2)11-23-16-7-5-13(19(27)25-28-8-9-29-3)18(17(16)22)24-15-6-4-12(20)10-14(15)21/h4-7,10-11,24H,8-9H2,1-3H3,(H,25,27). The minimum atomic E-state index is -0.682. The van der Waals surface area contributed by atoms with Crippen LogP contribution < -0.4 is 10.8 Å². The minimum absolute atomic E-state index is 0.0476. The largest absolute Gasteiger partial charge is 0.369 e. The van der Waals surface area contributed by atoms with Gasteiger partial charge in [-0.05, 0) is 36.6 Å². The number of carbonyl (C=O) groups is 1. The molecular weight excluding hydrogens is 483 g/mol. The summed E-state index contributed by atoms with van der Waals surface area (Å²) in [5, 5.41) is 3.28. The van der Waals surface area contributed by atoms with E-state index in [1.807, 2.05) is 6.26 Å². The number of amides is 1. The fourth-order valence-corrected chi connectivity index (χ4v) is 3.15. The lowest BCUT2D eigenvalue weighted by Gasteiger charge is -2.16. The normalized spacial score (nSPS) is 11.0. The van der Waals surface area contributed by atoms with Gasteiger partial charge in [0.25, 0.3) is 5.91 Å². The third-order valence-electron chi connectivity index (χ3n) is 3.54. The molecule has 0 aliphatic heterocycles. The molecule has 10 heteroatoms. The molecule has 0 aliphatic carbocycles. The highest BCUT2D eigenvalue weighted by Gasteiger charge is 2.20. The molecule has 0 fully saturated rings. The van der Waals surface area contributed by atoms with Crippen molar-refractivity contribution >= 4 is 68.6 Å². The number of hydrogen-bond acceptors (Lipinski definition) is 5. The number of nitrogens with one attached hydrogen (secondary N) is 2. The van der Waals surface area contributed by atoms with Crippen molar-refractivity contribution in [3.05, 3.63) is 51.2 Å². The summed E-state index contributed by atoms with van der Waals surface area (Å²) in [6.07, 6.45) is 3.40. The van der Waals surface area contributed by atoms with Crippen molar-refractivity contribution in [1.29, 1.82) is 0 Å². The van der Waals surface area contributed by atoms with E-state index in [0.29, 0.717) is 23.1 Å². The van der Waals surface area contributed by atoms with E-state index in [0.717, 1.165) is 4.47 Å². The van der Waals surface area contributed by atoms with E-state index in [9.17, 15) is 4.79 Å². The summed E-state index contributed by atoms with van der Waals surface area (Å²) >= 11 is 11.2. The van der Waals surface area contributed by atoms with Crippen LogP contribution in [-0.2, 0) is 4.84 Å². The summed E-state index contributed by atoms with van der Waals surface area (Å²) in [5.74, 6) is -0.547. The summed E-state index contributed by atoms with van der Waals surface area (Å²) in [6.45, 7) is 0.335. The highest BCUT2D eigenvalue weighted by molar-refractivity contribution is 9.10. The number of carbonyl (C=O) groups excluding carboxylic acids is 1. The monoisotopic (exact) mass is 502 g/mol. The number of hydroxylamine groups is 1. The van der Waals surface area contributed by atoms with Crippen LogP contribution in [0.5, 0.6) is 0 Å². The van der Waals surface area contributed by atoms with Crippen LogP contribution in [0, 0.1) is 5.82 Å². The number of hydrogen-bond donors (Lipinski definition) is 2. The van der Waals surface area contributed by atoms with Crippen molar-refractivity contribution in [2.24, 2.45) is 4.99 Å².